The Morgan fingerprint density at radius 1 is 1.06 bits per heavy atom. The Morgan fingerprint density at radius 2 is 1.84 bits per heavy atom. The molecule has 2 aromatic carbocycles. The van der Waals surface area contributed by atoms with E-state index in [9.17, 15) is 14.0 Å². The second-order valence-corrected chi connectivity index (χ2v) is 8.03. The summed E-state index contributed by atoms with van der Waals surface area (Å²) in [5.41, 5.74) is 4.50. The van der Waals surface area contributed by atoms with Crippen LogP contribution in [-0.2, 0) is 6.42 Å². The summed E-state index contributed by atoms with van der Waals surface area (Å²) in [5.74, 6) is -1.03. The number of halogens is 3. The summed E-state index contributed by atoms with van der Waals surface area (Å²) < 4.78 is 19.7. The monoisotopic (exact) mass is 473 g/mol. The molecule has 1 aliphatic carbocycles. The number of carbonyl (C=O) groups is 2. The van der Waals surface area contributed by atoms with Crippen LogP contribution < -0.4 is 10.7 Å². The number of nitrogens with zero attached hydrogens (tertiary/aromatic N) is 1. The first-order chi connectivity index (χ1) is 15.4. The maximum atomic E-state index is 13.8. The van der Waals surface area contributed by atoms with Gasteiger partial charge in [0.05, 0.1) is 27.0 Å². The lowest BCUT2D eigenvalue weighted by molar-refractivity contribution is 0.0949. The highest BCUT2D eigenvalue weighted by atomic mass is 35.5. The molecule has 1 aliphatic rings. The van der Waals surface area contributed by atoms with Crippen molar-refractivity contribution < 1.29 is 18.4 Å². The summed E-state index contributed by atoms with van der Waals surface area (Å²) in [7, 11) is 0. The fourth-order valence-corrected chi connectivity index (χ4v) is 3.95. The van der Waals surface area contributed by atoms with E-state index in [0.29, 0.717) is 46.2 Å². The molecular formula is C23H18Cl2FN3O3. The van der Waals surface area contributed by atoms with Gasteiger partial charge in [0, 0.05) is 17.5 Å². The fraction of sp³-hybridized carbons (Fsp3) is 0.174. The van der Waals surface area contributed by atoms with E-state index in [4.69, 9.17) is 27.6 Å². The third kappa shape index (κ3) is 4.26. The highest BCUT2D eigenvalue weighted by Crippen LogP contribution is 2.33. The van der Waals surface area contributed by atoms with Gasteiger partial charge >= 0.3 is 0 Å². The van der Waals surface area contributed by atoms with Crippen LogP contribution in [0.4, 0.5) is 10.1 Å². The number of hydrazone groups is 1. The highest BCUT2D eigenvalue weighted by molar-refractivity contribution is 6.44. The van der Waals surface area contributed by atoms with Gasteiger partial charge in [-0.1, -0.05) is 41.4 Å². The van der Waals surface area contributed by atoms with Gasteiger partial charge in [-0.05, 0) is 44.0 Å². The van der Waals surface area contributed by atoms with Crippen LogP contribution in [0, 0.1) is 12.7 Å². The molecule has 0 saturated carbocycles. The molecule has 6 nitrogen and oxygen atoms in total. The van der Waals surface area contributed by atoms with Gasteiger partial charge in [0.2, 0.25) is 0 Å². The van der Waals surface area contributed by atoms with Crippen LogP contribution in [-0.4, -0.2) is 17.5 Å². The standard InChI is InChI=1S/C23H18Cl2FN3O3/c1-12-19-16(28-29-22(30)13-6-2-3-8-15(13)26)9-5-11-18(19)32-21(12)23(31)27-17-10-4-7-14(24)20(17)25/h2-4,6-8,10H,5,9,11H2,1H3,(H,27,31)(H,29,30)/b28-16+. The zero-order valence-electron chi connectivity index (χ0n) is 17.0. The molecular weight excluding hydrogens is 456 g/mol. The fourth-order valence-electron chi connectivity index (χ4n) is 3.60. The number of furan rings is 1. The summed E-state index contributed by atoms with van der Waals surface area (Å²) in [5, 5.41) is 7.47. The first-order valence-corrected chi connectivity index (χ1v) is 10.6. The summed E-state index contributed by atoms with van der Waals surface area (Å²) in [4.78, 5) is 25.2. The van der Waals surface area contributed by atoms with Crippen molar-refractivity contribution in [2.75, 3.05) is 5.32 Å². The molecule has 2 N–H and O–H groups in total. The van der Waals surface area contributed by atoms with Gasteiger partial charge in [-0.3, -0.25) is 9.59 Å². The molecule has 0 aliphatic heterocycles. The van der Waals surface area contributed by atoms with E-state index in [0.717, 1.165) is 6.42 Å². The van der Waals surface area contributed by atoms with Crippen LogP contribution in [0.5, 0.6) is 0 Å². The zero-order valence-corrected chi connectivity index (χ0v) is 18.5. The second-order valence-electron chi connectivity index (χ2n) is 7.24. The number of anilines is 1. The topological polar surface area (TPSA) is 83.7 Å². The van der Waals surface area contributed by atoms with Gasteiger partial charge in [-0.25, -0.2) is 9.82 Å². The van der Waals surface area contributed by atoms with E-state index < -0.39 is 17.6 Å². The number of carbonyl (C=O) groups excluding carboxylic acids is 2. The largest absolute Gasteiger partial charge is 0.455 e. The van der Waals surface area contributed by atoms with Crippen molar-refractivity contribution in [3.8, 4) is 0 Å². The highest BCUT2D eigenvalue weighted by Gasteiger charge is 2.28. The minimum atomic E-state index is -0.655. The molecule has 0 bridgehead atoms. The average molecular weight is 474 g/mol. The van der Waals surface area contributed by atoms with E-state index in [-0.39, 0.29) is 16.3 Å². The van der Waals surface area contributed by atoms with Crippen LogP contribution in [0.15, 0.2) is 52.0 Å². The quantitative estimate of drug-likeness (QED) is 0.472. The maximum absolute atomic E-state index is 13.8. The van der Waals surface area contributed by atoms with Gasteiger partial charge in [0.1, 0.15) is 11.6 Å². The van der Waals surface area contributed by atoms with E-state index >= 15 is 0 Å². The van der Waals surface area contributed by atoms with E-state index in [1.165, 1.54) is 18.2 Å². The first kappa shape index (κ1) is 22.0. The normalized spacial score (nSPS) is 14.2. The number of amides is 2. The summed E-state index contributed by atoms with van der Waals surface area (Å²) in [6.07, 6.45) is 1.93. The molecule has 0 radical (unpaired) electrons. The molecule has 1 heterocycles. The second kappa shape index (κ2) is 9.14. The number of rotatable bonds is 4. The third-order valence-electron chi connectivity index (χ3n) is 5.14. The third-order valence-corrected chi connectivity index (χ3v) is 5.96. The van der Waals surface area contributed by atoms with Gasteiger partial charge in [-0.2, -0.15) is 5.10 Å². The number of fused-ring (bicyclic) bond motifs is 1. The van der Waals surface area contributed by atoms with Gasteiger partial charge in [0.15, 0.2) is 5.76 Å². The SMILES string of the molecule is Cc1c(C(=O)Nc2cccc(Cl)c2Cl)oc2c1/C(=N/NC(=O)c1ccccc1F)CCC2. The van der Waals surface area contributed by atoms with Crippen molar-refractivity contribution in [1.29, 1.82) is 0 Å². The molecule has 4 rings (SSSR count). The molecule has 3 aromatic rings. The van der Waals surface area contributed by atoms with Gasteiger partial charge in [0.25, 0.3) is 11.8 Å². The summed E-state index contributed by atoms with van der Waals surface area (Å²) in [6.45, 7) is 1.75. The molecule has 1 aromatic heterocycles. The number of nitrogens with one attached hydrogen (secondary N) is 2. The summed E-state index contributed by atoms with van der Waals surface area (Å²) >= 11 is 12.2. The zero-order chi connectivity index (χ0) is 22.8. The average Bonchev–Trinajstić information content (AvgIpc) is 3.13. The Morgan fingerprint density at radius 3 is 2.62 bits per heavy atom. The molecule has 2 amide bonds. The van der Waals surface area contributed by atoms with Gasteiger partial charge < -0.3 is 9.73 Å². The van der Waals surface area contributed by atoms with Crippen molar-refractivity contribution in [3.63, 3.8) is 0 Å². The summed E-state index contributed by atoms with van der Waals surface area (Å²) in [6, 6.07) is 10.6. The van der Waals surface area contributed by atoms with Crippen molar-refractivity contribution in [1.82, 2.24) is 5.43 Å². The molecule has 32 heavy (non-hydrogen) atoms. The molecule has 0 unspecified atom stereocenters. The number of hydrogen-bond acceptors (Lipinski definition) is 4. The Hall–Kier alpha value is -3.16. The molecule has 0 saturated heterocycles. The number of aryl methyl sites for hydroxylation is 1. The number of benzene rings is 2. The van der Waals surface area contributed by atoms with Crippen molar-refractivity contribution in [2.45, 2.75) is 26.2 Å². The minimum absolute atomic E-state index is 0.102. The predicted molar refractivity (Wildman–Crippen MR) is 121 cm³/mol. The lowest BCUT2D eigenvalue weighted by atomic mass is 9.93. The van der Waals surface area contributed by atoms with Crippen molar-refractivity contribution >= 4 is 46.4 Å². The molecule has 0 spiro atoms. The van der Waals surface area contributed by atoms with E-state index in [1.54, 1.807) is 31.2 Å². The molecule has 9 heteroatoms. The van der Waals surface area contributed by atoms with Crippen LogP contribution in [0.3, 0.4) is 0 Å². The van der Waals surface area contributed by atoms with E-state index in [2.05, 4.69) is 15.8 Å². The molecule has 164 valence electrons. The Balaban J connectivity index is 1.59. The van der Waals surface area contributed by atoms with Gasteiger partial charge in [-0.15, -0.1) is 0 Å². The minimum Gasteiger partial charge on any atom is -0.455 e. The lowest BCUT2D eigenvalue weighted by Gasteiger charge is -2.13. The molecule has 0 fully saturated rings. The van der Waals surface area contributed by atoms with Crippen LogP contribution in [0.25, 0.3) is 0 Å². The first-order valence-electron chi connectivity index (χ1n) is 9.86. The Bertz CT molecular complexity index is 1250. The van der Waals surface area contributed by atoms with E-state index in [1.807, 2.05) is 0 Å². The number of hydrogen-bond donors (Lipinski definition) is 2. The Labute approximate surface area is 193 Å². The van der Waals surface area contributed by atoms with Crippen LogP contribution in [0.1, 0.15) is 50.6 Å². The maximum Gasteiger partial charge on any atom is 0.291 e. The molecule has 0 atom stereocenters. The lowest BCUT2D eigenvalue weighted by Crippen LogP contribution is -2.23. The smallest absolute Gasteiger partial charge is 0.291 e. The predicted octanol–water partition coefficient (Wildman–Crippen LogP) is 5.76. The van der Waals surface area contributed by atoms with Crippen LogP contribution >= 0.6 is 23.2 Å². The van der Waals surface area contributed by atoms with Crippen molar-refractivity contribution in [3.05, 3.63) is 86.5 Å². The van der Waals surface area contributed by atoms with Crippen LogP contribution in [0.2, 0.25) is 10.0 Å². The Kier molecular flexibility index (Phi) is 6.30. The van der Waals surface area contributed by atoms with Crippen molar-refractivity contribution in [2.24, 2.45) is 5.10 Å².